The molecule has 0 radical (unpaired) electrons. The zero-order chi connectivity index (χ0) is 25.6. The minimum absolute atomic E-state index is 0.294. The van der Waals surface area contributed by atoms with Gasteiger partial charge in [0.25, 0.3) is 0 Å². The molecule has 10 heteroatoms. The number of pyridine rings is 2. The summed E-state index contributed by atoms with van der Waals surface area (Å²) in [4.78, 5) is 19.9. The van der Waals surface area contributed by atoms with E-state index in [9.17, 15) is 4.39 Å². The van der Waals surface area contributed by atoms with Crippen LogP contribution >= 0.6 is 11.3 Å². The van der Waals surface area contributed by atoms with Crippen molar-refractivity contribution in [2.75, 3.05) is 13.1 Å². The van der Waals surface area contributed by atoms with Gasteiger partial charge in [0.15, 0.2) is 11.0 Å². The Bertz CT molecular complexity index is 1780. The maximum atomic E-state index is 16.1. The van der Waals surface area contributed by atoms with Gasteiger partial charge in [-0.2, -0.15) is 9.49 Å². The molecular weight excluding hydrogens is 504 g/mol. The lowest BCUT2D eigenvalue weighted by Crippen LogP contribution is -2.29. The van der Waals surface area contributed by atoms with E-state index >= 15 is 4.39 Å². The summed E-state index contributed by atoms with van der Waals surface area (Å²) in [5, 5.41) is 7.38. The number of piperidine rings is 1. The van der Waals surface area contributed by atoms with Crippen LogP contribution in [0.3, 0.4) is 0 Å². The van der Waals surface area contributed by atoms with E-state index in [2.05, 4.69) is 30.0 Å². The van der Waals surface area contributed by atoms with E-state index in [1.807, 2.05) is 18.3 Å². The summed E-state index contributed by atoms with van der Waals surface area (Å²) in [6, 6.07) is 10.5. The molecule has 1 aliphatic rings. The molecule has 7 rings (SSSR count). The number of hydrogen-bond donors (Lipinski definition) is 2. The Hall–Kier alpha value is -4.02. The number of halogens is 2. The largest absolute Gasteiger partial charge is 0.336 e. The van der Waals surface area contributed by atoms with E-state index in [1.54, 1.807) is 30.6 Å². The molecule has 38 heavy (non-hydrogen) atoms. The number of aromatic nitrogens is 6. The van der Waals surface area contributed by atoms with Crippen LogP contribution in [0.5, 0.6) is 0 Å². The van der Waals surface area contributed by atoms with Crippen LogP contribution in [0.1, 0.15) is 24.8 Å². The molecule has 2 N–H and O–H groups in total. The summed E-state index contributed by atoms with van der Waals surface area (Å²) in [7, 11) is 0. The number of likely N-dealkylation sites (tertiary alicyclic amines) is 1. The topological polar surface area (TPSA) is 86.4 Å². The van der Waals surface area contributed by atoms with Gasteiger partial charge in [0, 0.05) is 36.3 Å². The van der Waals surface area contributed by atoms with E-state index in [4.69, 9.17) is 4.98 Å². The molecule has 0 saturated carbocycles. The lowest BCUT2D eigenvalue weighted by Gasteiger charge is -2.26. The lowest BCUT2D eigenvalue weighted by atomic mass is 10.0. The summed E-state index contributed by atoms with van der Waals surface area (Å²) in [5.74, 6) is 0.0212. The highest BCUT2D eigenvalue weighted by Crippen LogP contribution is 2.36. The first-order valence-electron chi connectivity index (χ1n) is 12.6. The quantitative estimate of drug-likeness (QED) is 0.265. The molecular formula is C28H23F2N7S. The number of nitrogens with one attached hydrogen (secondary N) is 2. The number of hydrogen-bond acceptors (Lipinski definition) is 6. The highest BCUT2D eigenvalue weighted by Gasteiger charge is 2.21. The van der Waals surface area contributed by atoms with Gasteiger partial charge in [0.1, 0.15) is 22.7 Å². The van der Waals surface area contributed by atoms with Crippen LogP contribution in [0, 0.1) is 10.9 Å². The van der Waals surface area contributed by atoms with Crippen molar-refractivity contribution in [3.05, 3.63) is 71.5 Å². The first kappa shape index (κ1) is 23.1. The van der Waals surface area contributed by atoms with Crippen molar-refractivity contribution in [2.24, 2.45) is 0 Å². The molecule has 0 bridgehead atoms. The summed E-state index contributed by atoms with van der Waals surface area (Å²) < 4.78 is 29.8. The third kappa shape index (κ3) is 4.06. The SMILES string of the molecule is Fc1ccc(-c2nccc3[nH]c(-c4n[nH]c5ccc(-c6cncc(CN7CCCCC7)c6)c(F)c45)nc23)s1. The Kier molecular flexibility index (Phi) is 5.70. The van der Waals surface area contributed by atoms with Crippen LogP contribution in [-0.4, -0.2) is 48.1 Å². The van der Waals surface area contributed by atoms with Crippen molar-refractivity contribution >= 4 is 33.3 Å². The molecule has 6 heterocycles. The highest BCUT2D eigenvalue weighted by atomic mass is 32.1. The predicted octanol–water partition coefficient (Wildman–Crippen LogP) is 6.56. The number of aromatic amines is 2. The molecule has 0 unspecified atom stereocenters. The minimum atomic E-state index is -0.387. The summed E-state index contributed by atoms with van der Waals surface area (Å²) in [6.45, 7) is 2.98. The van der Waals surface area contributed by atoms with E-state index in [1.165, 1.54) is 25.3 Å². The van der Waals surface area contributed by atoms with Crippen LogP contribution in [-0.2, 0) is 6.54 Å². The van der Waals surface area contributed by atoms with Gasteiger partial charge >= 0.3 is 0 Å². The highest BCUT2D eigenvalue weighted by molar-refractivity contribution is 7.13. The second kappa shape index (κ2) is 9.38. The Morgan fingerprint density at radius 1 is 0.947 bits per heavy atom. The third-order valence-corrected chi connectivity index (χ3v) is 7.94. The lowest BCUT2D eigenvalue weighted by molar-refractivity contribution is 0.220. The van der Waals surface area contributed by atoms with Crippen molar-refractivity contribution in [1.29, 1.82) is 0 Å². The predicted molar refractivity (Wildman–Crippen MR) is 145 cm³/mol. The number of imidazole rings is 1. The van der Waals surface area contributed by atoms with Gasteiger partial charge in [-0.3, -0.25) is 20.0 Å². The molecule has 6 aromatic rings. The molecule has 0 aliphatic carbocycles. The molecule has 0 amide bonds. The standard InChI is InChI=1S/C28H23F2N7S/c29-22-7-6-21(38-22)26-25-20(8-9-32-26)33-28(34-25)27-23-19(35-36-27)5-4-18(24(23)30)17-12-16(13-31-14-17)15-37-10-2-1-3-11-37/h4-9,12-14H,1-3,10-11,15H2,(H,33,34)(H,35,36). The number of rotatable bonds is 5. The van der Waals surface area contributed by atoms with Crippen LogP contribution < -0.4 is 0 Å². The van der Waals surface area contributed by atoms with Crippen molar-refractivity contribution < 1.29 is 8.78 Å². The van der Waals surface area contributed by atoms with Gasteiger partial charge in [-0.1, -0.05) is 6.42 Å². The van der Waals surface area contributed by atoms with E-state index in [0.29, 0.717) is 49.6 Å². The molecule has 0 atom stereocenters. The Morgan fingerprint density at radius 2 is 1.84 bits per heavy atom. The van der Waals surface area contributed by atoms with E-state index < -0.39 is 0 Å². The van der Waals surface area contributed by atoms with Crippen molar-refractivity contribution in [2.45, 2.75) is 25.8 Å². The molecule has 1 aromatic carbocycles. The fraction of sp³-hybridized carbons (Fsp3) is 0.214. The van der Waals surface area contributed by atoms with Gasteiger partial charge < -0.3 is 4.98 Å². The van der Waals surface area contributed by atoms with E-state index in [0.717, 1.165) is 42.1 Å². The zero-order valence-corrected chi connectivity index (χ0v) is 21.2. The second-order valence-electron chi connectivity index (χ2n) is 9.59. The number of thiophene rings is 1. The summed E-state index contributed by atoms with van der Waals surface area (Å²) in [6.07, 6.45) is 8.90. The molecule has 190 valence electrons. The fourth-order valence-electron chi connectivity index (χ4n) is 5.23. The van der Waals surface area contributed by atoms with Crippen LogP contribution in [0.2, 0.25) is 0 Å². The molecule has 1 aliphatic heterocycles. The average molecular weight is 528 g/mol. The third-order valence-electron chi connectivity index (χ3n) is 7.06. The number of fused-ring (bicyclic) bond motifs is 2. The van der Waals surface area contributed by atoms with Gasteiger partial charge in [-0.15, -0.1) is 11.3 Å². The maximum Gasteiger partial charge on any atom is 0.177 e. The monoisotopic (exact) mass is 527 g/mol. The van der Waals surface area contributed by atoms with Crippen molar-refractivity contribution in [3.63, 3.8) is 0 Å². The van der Waals surface area contributed by atoms with Gasteiger partial charge in [-0.25, -0.2) is 9.37 Å². The first-order valence-corrected chi connectivity index (χ1v) is 13.4. The second-order valence-corrected chi connectivity index (χ2v) is 10.6. The minimum Gasteiger partial charge on any atom is -0.336 e. The maximum absolute atomic E-state index is 16.1. The Morgan fingerprint density at radius 3 is 2.68 bits per heavy atom. The Labute approximate surface area is 220 Å². The van der Waals surface area contributed by atoms with Crippen LogP contribution in [0.4, 0.5) is 8.78 Å². The molecule has 7 nitrogen and oxygen atoms in total. The normalized spacial score (nSPS) is 14.6. The van der Waals surface area contributed by atoms with Crippen LogP contribution in [0.25, 0.3) is 55.2 Å². The zero-order valence-electron chi connectivity index (χ0n) is 20.3. The van der Waals surface area contributed by atoms with Crippen molar-refractivity contribution in [1.82, 2.24) is 35.0 Å². The van der Waals surface area contributed by atoms with Crippen LogP contribution in [0.15, 0.2) is 55.0 Å². The molecule has 0 spiro atoms. The van der Waals surface area contributed by atoms with Gasteiger partial charge in [0.05, 0.1) is 21.3 Å². The number of H-pyrrole nitrogens is 2. The number of nitrogens with zero attached hydrogens (tertiary/aromatic N) is 5. The molecule has 1 saturated heterocycles. The van der Waals surface area contributed by atoms with Gasteiger partial charge in [0.2, 0.25) is 0 Å². The van der Waals surface area contributed by atoms with E-state index in [-0.39, 0.29) is 10.9 Å². The van der Waals surface area contributed by atoms with Gasteiger partial charge in [-0.05, 0) is 67.9 Å². The smallest absolute Gasteiger partial charge is 0.177 e. The first-order chi connectivity index (χ1) is 18.6. The Balaban J connectivity index is 1.29. The molecule has 5 aromatic heterocycles. The fourth-order valence-corrected chi connectivity index (χ4v) is 5.96. The summed E-state index contributed by atoms with van der Waals surface area (Å²) >= 11 is 1.01. The van der Waals surface area contributed by atoms with Crippen molar-refractivity contribution in [3.8, 4) is 33.2 Å². The average Bonchev–Trinajstić information content (AvgIpc) is 3.67. The number of benzene rings is 1. The molecule has 1 fully saturated rings. The summed E-state index contributed by atoms with van der Waals surface area (Å²) in [5.41, 5.74) is 5.04.